The van der Waals surface area contributed by atoms with Crippen molar-refractivity contribution in [1.29, 1.82) is 0 Å². The molecule has 0 bridgehead atoms. The highest BCUT2D eigenvalue weighted by Crippen LogP contribution is 2.10. The van der Waals surface area contributed by atoms with Gasteiger partial charge in [-0.05, 0) is 35.4 Å². The lowest BCUT2D eigenvalue weighted by Gasteiger charge is -2.02. The SMILES string of the molecule is C=C(I)C=N/C(=C\C)C(C)C. The minimum atomic E-state index is 0.493. The van der Waals surface area contributed by atoms with Crippen molar-refractivity contribution in [2.24, 2.45) is 10.9 Å². The first-order chi connectivity index (χ1) is 5.07. The Morgan fingerprint density at radius 1 is 1.55 bits per heavy atom. The molecule has 0 aromatic carbocycles. The van der Waals surface area contributed by atoms with Crippen molar-refractivity contribution in [2.45, 2.75) is 20.8 Å². The van der Waals surface area contributed by atoms with Gasteiger partial charge in [0.15, 0.2) is 0 Å². The second-order valence-electron chi connectivity index (χ2n) is 2.57. The molecule has 0 aromatic heterocycles. The van der Waals surface area contributed by atoms with E-state index in [1.807, 2.05) is 13.0 Å². The van der Waals surface area contributed by atoms with Crippen LogP contribution in [-0.2, 0) is 0 Å². The highest BCUT2D eigenvalue weighted by molar-refractivity contribution is 14.1. The average molecular weight is 263 g/mol. The van der Waals surface area contributed by atoms with E-state index in [2.05, 4.69) is 48.0 Å². The average Bonchev–Trinajstić information content (AvgIpc) is 1.87. The van der Waals surface area contributed by atoms with Crippen LogP contribution >= 0.6 is 22.6 Å². The van der Waals surface area contributed by atoms with E-state index in [1.165, 1.54) is 0 Å². The van der Waals surface area contributed by atoms with Crippen molar-refractivity contribution in [3.8, 4) is 0 Å². The fraction of sp³-hybridized carbons (Fsp3) is 0.444. The summed E-state index contributed by atoms with van der Waals surface area (Å²) in [5, 5.41) is 0. The molecule has 0 aromatic rings. The van der Waals surface area contributed by atoms with Crippen molar-refractivity contribution in [3.05, 3.63) is 21.9 Å². The number of aliphatic imine (C=N–C) groups is 1. The lowest BCUT2D eigenvalue weighted by atomic mass is 10.1. The first-order valence-electron chi connectivity index (χ1n) is 3.62. The predicted molar refractivity (Wildman–Crippen MR) is 60.2 cm³/mol. The number of rotatable bonds is 3. The molecule has 0 aliphatic heterocycles. The van der Waals surface area contributed by atoms with Gasteiger partial charge < -0.3 is 0 Å². The minimum absolute atomic E-state index is 0.493. The molecule has 0 amide bonds. The summed E-state index contributed by atoms with van der Waals surface area (Å²) in [6.07, 6.45) is 3.82. The van der Waals surface area contributed by atoms with E-state index in [0.29, 0.717) is 5.92 Å². The molecule has 1 nitrogen and oxygen atoms in total. The number of hydrogen-bond donors (Lipinski definition) is 0. The quantitative estimate of drug-likeness (QED) is 0.545. The summed E-state index contributed by atoms with van der Waals surface area (Å²) in [5.74, 6) is 0.493. The summed E-state index contributed by atoms with van der Waals surface area (Å²) in [6, 6.07) is 0. The van der Waals surface area contributed by atoms with Gasteiger partial charge in [0.25, 0.3) is 0 Å². The summed E-state index contributed by atoms with van der Waals surface area (Å²) < 4.78 is 0.961. The summed E-state index contributed by atoms with van der Waals surface area (Å²) in [7, 11) is 0. The van der Waals surface area contributed by atoms with Gasteiger partial charge >= 0.3 is 0 Å². The molecular weight excluding hydrogens is 249 g/mol. The monoisotopic (exact) mass is 263 g/mol. The zero-order valence-corrected chi connectivity index (χ0v) is 9.42. The van der Waals surface area contributed by atoms with E-state index in [-0.39, 0.29) is 0 Å². The highest BCUT2D eigenvalue weighted by Gasteiger charge is 1.97. The Balaban J connectivity index is 4.22. The van der Waals surface area contributed by atoms with Crippen LogP contribution in [-0.4, -0.2) is 6.21 Å². The van der Waals surface area contributed by atoms with Crippen LogP contribution in [0.3, 0.4) is 0 Å². The molecule has 62 valence electrons. The molecule has 0 fully saturated rings. The zero-order chi connectivity index (χ0) is 8.85. The van der Waals surface area contributed by atoms with Gasteiger partial charge in [-0.1, -0.05) is 26.5 Å². The Labute approximate surface area is 82.4 Å². The third kappa shape index (κ3) is 5.18. The summed E-state index contributed by atoms with van der Waals surface area (Å²) in [6.45, 7) is 9.99. The van der Waals surface area contributed by atoms with Crippen LogP contribution in [0.4, 0.5) is 0 Å². The molecule has 0 aliphatic rings. The molecule has 0 aliphatic carbocycles. The largest absolute Gasteiger partial charge is 0.260 e. The Morgan fingerprint density at radius 2 is 2.09 bits per heavy atom. The van der Waals surface area contributed by atoms with Crippen LogP contribution in [0.1, 0.15) is 20.8 Å². The van der Waals surface area contributed by atoms with Gasteiger partial charge in [-0.3, -0.25) is 4.99 Å². The van der Waals surface area contributed by atoms with E-state index in [9.17, 15) is 0 Å². The van der Waals surface area contributed by atoms with Gasteiger partial charge in [0.05, 0.1) is 0 Å². The van der Waals surface area contributed by atoms with E-state index in [1.54, 1.807) is 6.21 Å². The molecule has 0 atom stereocenters. The molecule has 0 spiro atoms. The van der Waals surface area contributed by atoms with E-state index in [4.69, 9.17) is 0 Å². The Morgan fingerprint density at radius 3 is 2.36 bits per heavy atom. The number of halogens is 1. The van der Waals surface area contributed by atoms with E-state index < -0.39 is 0 Å². The van der Waals surface area contributed by atoms with Crippen LogP contribution in [0.15, 0.2) is 26.9 Å². The molecule has 0 saturated heterocycles. The van der Waals surface area contributed by atoms with E-state index in [0.717, 1.165) is 9.28 Å². The fourth-order valence-electron chi connectivity index (χ4n) is 0.702. The number of nitrogens with zero attached hydrogens (tertiary/aromatic N) is 1. The van der Waals surface area contributed by atoms with Crippen LogP contribution in [0, 0.1) is 5.92 Å². The molecule has 0 saturated carbocycles. The van der Waals surface area contributed by atoms with Crippen molar-refractivity contribution in [2.75, 3.05) is 0 Å². The fourth-order valence-corrected chi connectivity index (χ4v) is 0.841. The second-order valence-corrected chi connectivity index (χ2v) is 3.96. The lowest BCUT2D eigenvalue weighted by Crippen LogP contribution is -1.90. The molecule has 0 heterocycles. The lowest BCUT2D eigenvalue weighted by molar-refractivity contribution is 0.757. The van der Waals surface area contributed by atoms with Gasteiger partial charge in [0, 0.05) is 15.5 Å². The Hall–Kier alpha value is -0.120. The first kappa shape index (κ1) is 10.9. The first-order valence-corrected chi connectivity index (χ1v) is 4.70. The molecule has 0 N–H and O–H groups in total. The van der Waals surface area contributed by atoms with Crippen molar-refractivity contribution in [3.63, 3.8) is 0 Å². The summed E-state index contributed by atoms with van der Waals surface area (Å²) >= 11 is 2.14. The number of allylic oxidation sites excluding steroid dienone is 3. The maximum atomic E-state index is 4.27. The van der Waals surface area contributed by atoms with Crippen LogP contribution in [0.5, 0.6) is 0 Å². The predicted octanol–water partition coefficient (Wildman–Crippen LogP) is 3.57. The molecule has 11 heavy (non-hydrogen) atoms. The maximum absolute atomic E-state index is 4.27. The highest BCUT2D eigenvalue weighted by atomic mass is 127. The van der Waals surface area contributed by atoms with Gasteiger partial charge in [0.2, 0.25) is 0 Å². The third-order valence-electron chi connectivity index (χ3n) is 1.24. The smallest absolute Gasteiger partial charge is 0.0398 e. The molecule has 0 rings (SSSR count). The third-order valence-corrected chi connectivity index (χ3v) is 1.52. The summed E-state index contributed by atoms with van der Waals surface area (Å²) in [4.78, 5) is 4.27. The summed E-state index contributed by atoms with van der Waals surface area (Å²) in [5.41, 5.74) is 1.11. The number of hydrogen-bond acceptors (Lipinski definition) is 1. The Bertz CT molecular complexity index is 190. The Kier molecular flexibility index (Phi) is 5.46. The van der Waals surface area contributed by atoms with Crippen molar-refractivity contribution >= 4 is 28.8 Å². The van der Waals surface area contributed by atoms with E-state index >= 15 is 0 Å². The standard InChI is InChI=1S/C9H14IN/c1-5-9(7(2)3)11-6-8(4)10/h5-7H,4H2,1-3H3/b9-5-,11-6?. The van der Waals surface area contributed by atoms with Crippen molar-refractivity contribution in [1.82, 2.24) is 0 Å². The molecular formula is C9H14IN. The maximum Gasteiger partial charge on any atom is 0.0398 e. The van der Waals surface area contributed by atoms with Gasteiger partial charge in [-0.2, -0.15) is 0 Å². The van der Waals surface area contributed by atoms with Crippen molar-refractivity contribution < 1.29 is 0 Å². The van der Waals surface area contributed by atoms with Crippen LogP contribution < -0.4 is 0 Å². The topological polar surface area (TPSA) is 12.4 Å². The minimum Gasteiger partial charge on any atom is -0.260 e. The second kappa shape index (κ2) is 5.52. The molecule has 0 unspecified atom stereocenters. The van der Waals surface area contributed by atoms with Crippen LogP contribution in [0.25, 0.3) is 0 Å². The normalized spacial score (nSPS) is 13.0. The van der Waals surface area contributed by atoms with Gasteiger partial charge in [0.1, 0.15) is 0 Å². The van der Waals surface area contributed by atoms with Gasteiger partial charge in [-0.25, -0.2) is 0 Å². The molecule has 0 radical (unpaired) electrons. The zero-order valence-electron chi connectivity index (χ0n) is 7.26. The molecule has 2 heteroatoms. The van der Waals surface area contributed by atoms with Gasteiger partial charge in [-0.15, -0.1) is 0 Å². The van der Waals surface area contributed by atoms with Crippen LogP contribution in [0.2, 0.25) is 0 Å².